The van der Waals surface area contributed by atoms with E-state index in [1.165, 1.54) is 87.8 Å². The third-order valence-electron chi connectivity index (χ3n) is 11.8. The first kappa shape index (κ1) is 30.3. The van der Waals surface area contributed by atoms with Gasteiger partial charge >= 0.3 is 0 Å². The van der Waals surface area contributed by atoms with Crippen molar-refractivity contribution >= 4 is 54.4 Å². The van der Waals surface area contributed by atoms with Gasteiger partial charge in [-0.2, -0.15) is 4.57 Å². The lowest BCUT2D eigenvalue weighted by Gasteiger charge is -2.12. The average Bonchev–Trinajstić information content (AvgIpc) is 3.89. The summed E-state index contributed by atoms with van der Waals surface area (Å²) in [5.41, 5.74) is 14.9. The Morgan fingerprint density at radius 3 is 1.93 bits per heavy atom. The maximum atomic E-state index is 2.47. The summed E-state index contributed by atoms with van der Waals surface area (Å²) in [4.78, 5) is 0. The molecule has 3 heteroatoms. The topological polar surface area (TPSA) is 13.7 Å². The van der Waals surface area contributed by atoms with Crippen molar-refractivity contribution in [1.82, 2.24) is 9.13 Å². The summed E-state index contributed by atoms with van der Waals surface area (Å²) in [6.07, 6.45) is 4.35. The van der Waals surface area contributed by atoms with Crippen molar-refractivity contribution in [3.63, 3.8) is 0 Å². The Kier molecular flexibility index (Phi) is 6.40. The lowest BCUT2D eigenvalue weighted by molar-refractivity contribution is -0.704. The summed E-state index contributed by atoms with van der Waals surface area (Å²) in [6, 6.07) is 69.3. The molecule has 256 valence electrons. The van der Waals surface area contributed by atoms with Crippen molar-refractivity contribution in [2.24, 2.45) is 0 Å². The van der Waals surface area contributed by atoms with Crippen molar-refractivity contribution in [2.45, 2.75) is 6.04 Å². The summed E-state index contributed by atoms with van der Waals surface area (Å²) in [6.45, 7) is 0. The molecule has 0 amide bonds. The Bertz CT molecular complexity index is 3310. The highest BCUT2D eigenvalue weighted by molar-refractivity contribution is 6.22. The molecule has 0 bridgehead atoms. The van der Waals surface area contributed by atoms with Crippen molar-refractivity contribution in [2.75, 3.05) is 0 Å². The van der Waals surface area contributed by atoms with Gasteiger partial charge in [-0.3, -0.25) is 0 Å². The Hall–Kier alpha value is -7.23. The SMILES string of the molecule is c1ccc(-n2c3ccc(-n4c5ccccc5c5ccc(-c6ccc7c(c6)-c6ccccc6C7[n+]6ccccc6)cc54)cc3c3c4ccccc4ccc32)cc1. The summed E-state index contributed by atoms with van der Waals surface area (Å²) in [7, 11) is 0. The molecule has 3 heterocycles. The molecule has 12 rings (SSSR count). The second-order valence-corrected chi connectivity index (χ2v) is 14.8. The summed E-state index contributed by atoms with van der Waals surface area (Å²) in [5.74, 6) is 0. The van der Waals surface area contributed by atoms with E-state index in [2.05, 4.69) is 214 Å². The van der Waals surface area contributed by atoms with Crippen LogP contribution in [0.3, 0.4) is 0 Å². The molecule has 0 fully saturated rings. The maximum Gasteiger partial charge on any atom is 0.210 e. The Morgan fingerprint density at radius 2 is 1.02 bits per heavy atom. The Labute approximate surface area is 318 Å². The van der Waals surface area contributed by atoms with Crippen LogP contribution in [0.1, 0.15) is 17.2 Å². The molecule has 1 aliphatic carbocycles. The van der Waals surface area contributed by atoms with Crippen LogP contribution in [0.15, 0.2) is 200 Å². The van der Waals surface area contributed by atoms with Gasteiger partial charge in [-0.15, -0.1) is 0 Å². The fourth-order valence-electron chi connectivity index (χ4n) is 9.46. The van der Waals surface area contributed by atoms with Crippen LogP contribution in [-0.4, -0.2) is 9.13 Å². The zero-order chi connectivity index (χ0) is 36.0. The molecule has 55 heavy (non-hydrogen) atoms. The molecule has 1 atom stereocenters. The molecule has 3 nitrogen and oxygen atoms in total. The zero-order valence-corrected chi connectivity index (χ0v) is 30.0. The van der Waals surface area contributed by atoms with E-state index in [-0.39, 0.29) is 6.04 Å². The van der Waals surface area contributed by atoms with Crippen LogP contribution in [0, 0.1) is 0 Å². The fraction of sp³-hybridized carbons (Fsp3) is 0.0192. The number of pyridine rings is 1. The molecular weight excluding hydrogens is 667 g/mol. The minimum Gasteiger partial charge on any atom is -0.309 e. The molecule has 1 unspecified atom stereocenters. The standard InChI is InChI=1S/C52H34N3/c1-3-14-37(15-4-1)54-48-28-24-38(33-46(48)51-39-16-6-5-13-34(39)23-27-49(51)54)55-47-20-10-9-18-41(47)42-25-21-36(32-50(42)55)35-22-26-44-45(31-35)40-17-7-8-19-43(40)52(44)53-29-11-2-12-30-53/h1-33,52H/q+1. The summed E-state index contributed by atoms with van der Waals surface area (Å²) in [5, 5.41) is 7.56. The quantitative estimate of drug-likeness (QED) is 0.162. The van der Waals surface area contributed by atoms with Gasteiger partial charge < -0.3 is 9.13 Å². The van der Waals surface area contributed by atoms with E-state index in [0.717, 1.165) is 11.4 Å². The van der Waals surface area contributed by atoms with Crippen LogP contribution in [0.5, 0.6) is 0 Å². The van der Waals surface area contributed by atoms with Crippen molar-refractivity contribution in [3.05, 3.63) is 212 Å². The minimum atomic E-state index is 0.159. The van der Waals surface area contributed by atoms with Crippen LogP contribution < -0.4 is 4.57 Å². The number of para-hydroxylation sites is 2. The zero-order valence-electron chi connectivity index (χ0n) is 30.0. The van der Waals surface area contributed by atoms with Crippen LogP contribution in [0.4, 0.5) is 0 Å². The molecule has 8 aromatic carbocycles. The molecule has 0 N–H and O–H groups in total. The monoisotopic (exact) mass is 700 g/mol. The third kappa shape index (κ3) is 4.41. The van der Waals surface area contributed by atoms with E-state index in [4.69, 9.17) is 0 Å². The van der Waals surface area contributed by atoms with Gasteiger partial charge in [-0.1, -0.05) is 121 Å². The third-order valence-corrected chi connectivity index (χ3v) is 11.8. The summed E-state index contributed by atoms with van der Waals surface area (Å²) >= 11 is 0. The van der Waals surface area contributed by atoms with Crippen LogP contribution in [-0.2, 0) is 0 Å². The minimum absolute atomic E-state index is 0.159. The normalized spacial score (nSPS) is 13.6. The van der Waals surface area contributed by atoms with Crippen molar-refractivity contribution < 1.29 is 4.57 Å². The van der Waals surface area contributed by atoms with Crippen LogP contribution in [0.2, 0.25) is 0 Å². The van der Waals surface area contributed by atoms with Crippen LogP contribution >= 0.6 is 0 Å². The predicted molar refractivity (Wildman–Crippen MR) is 227 cm³/mol. The van der Waals surface area contributed by atoms with Gasteiger partial charge in [0, 0.05) is 56.2 Å². The first-order chi connectivity index (χ1) is 27.3. The molecule has 0 saturated heterocycles. The average molecular weight is 701 g/mol. The molecule has 0 aliphatic heterocycles. The number of hydrogen-bond donors (Lipinski definition) is 0. The van der Waals surface area contributed by atoms with E-state index < -0.39 is 0 Å². The largest absolute Gasteiger partial charge is 0.309 e. The first-order valence-electron chi connectivity index (χ1n) is 19.0. The second kappa shape index (κ2) is 11.6. The molecule has 0 saturated carbocycles. The predicted octanol–water partition coefficient (Wildman–Crippen LogP) is 12.6. The van der Waals surface area contributed by atoms with Gasteiger partial charge in [0.1, 0.15) is 0 Å². The first-order valence-corrected chi connectivity index (χ1v) is 19.0. The fourth-order valence-corrected chi connectivity index (χ4v) is 9.46. The molecular formula is C52H34N3+. The number of rotatable bonds is 4. The lowest BCUT2D eigenvalue weighted by atomic mass is 9.97. The molecule has 1 aliphatic rings. The molecule has 11 aromatic rings. The number of nitrogens with zero attached hydrogens (tertiary/aromatic N) is 3. The highest BCUT2D eigenvalue weighted by Crippen LogP contribution is 2.45. The second-order valence-electron chi connectivity index (χ2n) is 14.8. The van der Waals surface area contributed by atoms with Crippen molar-refractivity contribution in [3.8, 4) is 33.6 Å². The van der Waals surface area contributed by atoms with Gasteiger partial charge in [0.2, 0.25) is 6.04 Å². The van der Waals surface area contributed by atoms with Crippen molar-refractivity contribution in [1.29, 1.82) is 0 Å². The number of hydrogen-bond acceptors (Lipinski definition) is 0. The molecule has 3 aromatic heterocycles. The van der Waals surface area contributed by atoms with E-state index in [1.54, 1.807) is 0 Å². The van der Waals surface area contributed by atoms with Gasteiger partial charge in [0.25, 0.3) is 0 Å². The maximum absolute atomic E-state index is 2.47. The highest BCUT2D eigenvalue weighted by atomic mass is 15.0. The van der Waals surface area contributed by atoms with Gasteiger partial charge in [-0.25, -0.2) is 0 Å². The van der Waals surface area contributed by atoms with E-state index in [1.807, 2.05) is 0 Å². The smallest absolute Gasteiger partial charge is 0.210 e. The van der Waals surface area contributed by atoms with E-state index >= 15 is 0 Å². The highest BCUT2D eigenvalue weighted by Gasteiger charge is 2.35. The summed E-state index contributed by atoms with van der Waals surface area (Å²) < 4.78 is 7.21. The number of aromatic nitrogens is 3. The Balaban J connectivity index is 1.08. The molecule has 0 spiro atoms. The van der Waals surface area contributed by atoms with Gasteiger partial charge in [-0.05, 0) is 87.6 Å². The number of fused-ring (bicyclic) bond motifs is 11. The Morgan fingerprint density at radius 1 is 0.364 bits per heavy atom. The van der Waals surface area contributed by atoms with Gasteiger partial charge in [0.05, 0.1) is 22.1 Å². The van der Waals surface area contributed by atoms with E-state index in [0.29, 0.717) is 0 Å². The van der Waals surface area contributed by atoms with E-state index in [9.17, 15) is 0 Å². The lowest BCUT2D eigenvalue weighted by Crippen LogP contribution is -2.38. The molecule has 0 radical (unpaired) electrons. The van der Waals surface area contributed by atoms with Crippen LogP contribution in [0.25, 0.3) is 88.0 Å². The number of benzene rings is 8. The van der Waals surface area contributed by atoms with Gasteiger partial charge in [0.15, 0.2) is 12.4 Å².